The first-order chi connectivity index (χ1) is 5.86. The van der Waals surface area contributed by atoms with Crippen LogP contribution in [0.3, 0.4) is 0 Å². The van der Waals surface area contributed by atoms with Crippen molar-refractivity contribution < 1.29 is 0 Å². The van der Waals surface area contributed by atoms with E-state index in [1.165, 1.54) is 11.5 Å². The van der Waals surface area contributed by atoms with Crippen LogP contribution in [0.2, 0.25) is 5.02 Å². The normalized spacial score (nSPS) is 10.1. The highest BCUT2D eigenvalue weighted by Crippen LogP contribution is 2.19. The van der Waals surface area contributed by atoms with Crippen molar-refractivity contribution >= 4 is 23.1 Å². The summed E-state index contributed by atoms with van der Waals surface area (Å²) in [6.45, 7) is 0. The molecular weight excluding hydrogens is 192 g/mol. The maximum Gasteiger partial charge on any atom is 0.105 e. The molecule has 0 aliphatic carbocycles. The number of rotatable bonds is 1. The predicted octanol–water partition coefficient (Wildman–Crippen LogP) is 2.86. The van der Waals surface area contributed by atoms with Gasteiger partial charge in [0.05, 0.1) is 0 Å². The summed E-state index contributed by atoms with van der Waals surface area (Å²) in [5.74, 6) is 0. The molecule has 0 spiro atoms. The van der Waals surface area contributed by atoms with Crippen molar-refractivity contribution in [2.24, 2.45) is 0 Å². The van der Waals surface area contributed by atoms with E-state index in [9.17, 15) is 0 Å². The lowest BCUT2D eigenvalue weighted by Crippen LogP contribution is -1.76. The number of benzene rings is 1. The summed E-state index contributed by atoms with van der Waals surface area (Å²) in [5.41, 5.74) is 1.95. The third-order valence-corrected chi connectivity index (χ3v) is 2.26. The minimum absolute atomic E-state index is 0.738. The van der Waals surface area contributed by atoms with Gasteiger partial charge in [-0.3, -0.25) is 0 Å². The fourth-order valence-electron chi connectivity index (χ4n) is 0.911. The Kier molecular flexibility index (Phi) is 2.06. The van der Waals surface area contributed by atoms with Crippen LogP contribution >= 0.6 is 23.1 Å². The minimum Gasteiger partial charge on any atom is -0.138 e. The number of nitrogens with zero attached hydrogens (tertiary/aromatic N) is 2. The van der Waals surface area contributed by atoms with Gasteiger partial charge in [-0.15, -0.1) is 5.10 Å². The molecule has 0 atom stereocenters. The van der Waals surface area contributed by atoms with Gasteiger partial charge in [0, 0.05) is 16.0 Å². The summed E-state index contributed by atoms with van der Waals surface area (Å²) < 4.78 is 3.78. The van der Waals surface area contributed by atoms with Crippen LogP contribution in [0.5, 0.6) is 0 Å². The molecule has 2 nitrogen and oxygen atoms in total. The Hall–Kier alpha value is -0.930. The molecule has 0 amide bonds. The largest absolute Gasteiger partial charge is 0.138 e. The number of halogens is 1. The molecule has 0 fully saturated rings. The first-order valence-electron chi connectivity index (χ1n) is 3.39. The molecule has 0 aliphatic heterocycles. The molecule has 4 heteroatoms. The van der Waals surface area contributed by atoms with E-state index in [0.29, 0.717) is 0 Å². The Morgan fingerprint density at radius 3 is 2.50 bits per heavy atom. The number of aromatic nitrogens is 2. The summed E-state index contributed by atoms with van der Waals surface area (Å²) in [5, 5.41) is 6.59. The second-order valence-electron chi connectivity index (χ2n) is 2.30. The smallest absolute Gasteiger partial charge is 0.105 e. The summed E-state index contributed by atoms with van der Waals surface area (Å²) in [6, 6.07) is 7.55. The summed E-state index contributed by atoms with van der Waals surface area (Å²) >= 11 is 7.08. The Morgan fingerprint density at radius 2 is 1.92 bits per heavy atom. The van der Waals surface area contributed by atoms with Gasteiger partial charge in [0.1, 0.15) is 5.69 Å². The molecule has 0 radical (unpaired) electrons. The monoisotopic (exact) mass is 196 g/mol. The summed E-state index contributed by atoms with van der Waals surface area (Å²) in [7, 11) is 0. The molecule has 2 rings (SSSR count). The van der Waals surface area contributed by atoms with Crippen molar-refractivity contribution in [2.45, 2.75) is 0 Å². The predicted molar refractivity (Wildman–Crippen MR) is 50.4 cm³/mol. The molecule has 0 unspecified atom stereocenters. The minimum atomic E-state index is 0.738. The Balaban J connectivity index is 2.43. The van der Waals surface area contributed by atoms with Gasteiger partial charge in [-0.25, -0.2) is 0 Å². The molecule has 2 aromatic rings. The van der Waals surface area contributed by atoms with Gasteiger partial charge in [0.2, 0.25) is 0 Å². The van der Waals surface area contributed by atoms with Crippen LogP contribution in [0.25, 0.3) is 11.3 Å². The van der Waals surface area contributed by atoms with E-state index in [2.05, 4.69) is 9.59 Å². The molecule has 0 bridgehead atoms. The highest BCUT2D eigenvalue weighted by molar-refractivity contribution is 7.03. The van der Waals surface area contributed by atoms with Gasteiger partial charge in [-0.1, -0.05) is 28.2 Å². The van der Waals surface area contributed by atoms with Crippen LogP contribution in [0.1, 0.15) is 0 Å². The lowest BCUT2D eigenvalue weighted by Gasteiger charge is -1.93. The fraction of sp³-hybridized carbons (Fsp3) is 0. The quantitative estimate of drug-likeness (QED) is 0.701. The van der Waals surface area contributed by atoms with Crippen LogP contribution in [0.4, 0.5) is 0 Å². The summed E-state index contributed by atoms with van der Waals surface area (Å²) in [4.78, 5) is 0. The molecule has 1 aromatic heterocycles. The van der Waals surface area contributed by atoms with E-state index in [1.807, 2.05) is 29.6 Å². The third-order valence-electron chi connectivity index (χ3n) is 1.50. The number of hydrogen-bond acceptors (Lipinski definition) is 3. The Labute approximate surface area is 79.0 Å². The zero-order valence-electron chi connectivity index (χ0n) is 6.07. The molecule has 60 valence electrons. The third kappa shape index (κ3) is 1.47. The maximum absolute atomic E-state index is 5.74. The van der Waals surface area contributed by atoms with Gasteiger partial charge < -0.3 is 0 Å². The van der Waals surface area contributed by atoms with Gasteiger partial charge >= 0.3 is 0 Å². The molecule has 1 aromatic carbocycles. The maximum atomic E-state index is 5.74. The Bertz CT molecular complexity index is 355. The van der Waals surface area contributed by atoms with Crippen LogP contribution in [0.15, 0.2) is 29.6 Å². The van der Waals surface area contributed by atoms with E-state index < -0.39 is 0 Å². The second-order valence-corrected chi connectivity index (χ2v) is 3.34. The lowest BCUT2D eigenvalue weighted by molar-refractivity contribution is 1.16. The van der Waals surface area contributed by atoms with Crippen molar-refractivity contribution in [1.29, 1.82) is 0 Å². The van der Waals surface area contributed by atoms with Crippen molar-refractivity contribution in [3.05, 3.63) is 34.7 Å². The first kappa shape index (κ1) is 7.71. The molecule has 0 saturated heterocycles. The van der Waals surface area contributed by atoms with Crippen molar-refractivity contribution in [3.63, 3.8) is 0 Å². The van der Waals surface area contributed by atoms with Crippen molar-refractivity contribution in [3.8, 4) is 11.3 Å². The topological polar surface area (TPSA) is 25.8 Å². The first-order valence-corrected chi connectivity index (χ1v) is 4.61. The van der Waals surface area contributed by atoms with Crippen LogP contribution in [0, 0.1) is 0 Å². The van der Waals surface area contributed by atoms with Gasteiger partial charge in [0.15, 0.2) is 0 Å². The highest BCUT2D eigenvalue weighted by atomic mass is 35.5. The average Bonchev–Trinajstić information content (AvgIpc) is 2.58. The van der Waals surface area contributed by atoms with E-state index in [4.69, 9.17) is 11.6 Å². The lowest BCUT2D eigenvalue weighted by atomic mass is 10.2. The molecular formula is C8H5ClN2S. The van der Waals surface area contributed by atoms with Crippen LogP contribution in [-0.4, -0.2) is 9.59 Å². The molecule has 0 aliphatic rings. The van der Waals surface area contributed by atoms with E-state index >= 15 is 0 Å². The van der Waals surface area contributed by atoms with E-state index in [0.717, 1.165) is 16.3 Å². The van der Waals surface area contributed by atoms with E-state index in [1.54, 1.807) is 0 Å². The van der Waals surface area contributed by atoms with Crippen molar-refractivity contribution in [2.75, 3.05) is 0 Å². The SMILES string of the molecule is Clc1ccc(-c2csnn2)cc1. The standard InChI is InChI=1S/C8H5ClN2S/c9-7-3-1-6(2-4-7)8-5-12-11-10-8/h1-5H. The van der Waals surface area contributed by atoms with Crippen LogP contribution in [-0.2, 0) is 0 Å². The van der Waals surface area contributed by atoms with E-state index in [-0.39, 0.29) is 0 Å². The molecule has 0 saturated carbocycles. The second kappa shape index (κ2) is 3.21. The van der Waals surface area contributed by atoms with Crippen LogP contribution < -0.4 is 0 Å². The summed E-state index contributed by atoms with van der Waals surface area (Å²) in [6.07, 6.45) is 0. The number of hydrogen-bond donors (Lipinski definition) is 0. The average molecular weight is 197 g/mol. The Morgan fingerprint density at radius 1 is 1.17 bits per heavy atom. The molecule has 1 heterocycles. The molecule has 0 N–H and O–H groups in total. The zero-order valence-corrected chi connectivity index (χ0v) is 7.64. The van der Waals surface area contributed by atoms with Gasteiger partial charge in [0.25, 0.3) is 0 Å². The van der Waals surface area contributed by atoms with Gasteiger partial charge in [-0.2, -0.15) is 0 Å². The molecule has 12 heavy (non-hydrogen) atoms. The van der Waals surface area contributed by atoms with Crippen molar-refractivity contribution in [1.82, 2.24) is 9.59 Å². The highest BCUT2D eigenvalue weighted by Gasteiger charge is 1.98. The fourth-order valence-corrected chi connectivity index (χ4v) is 1.50. The zero-order chi connectivity index (χ0) is 8.39. The van der Waals surface area contributed by atoms with Gasteiger partial charge in [-0.05, 0) is 23.7 Å².